The molecule has 0 heterocycles. The van der Waals surface area contributed by atoms with E-state index in [0.717, 1.165) is 19.4 Å². The zero-order chi connectivity index (χ0) is 11.1. The van der Waals surface area contributed by atoms with Crippen molar-refractivity contribution in [3.63, 3.8) is 0 Å². The van der Waals surface area contributed by atoms with E-state index in [9.17, 15) is 4.79 Å². The molecule has 0 radical (unpaired) electrons. The van der Waals surface area contributed by atoms with Crippen molar-refractivity contribution in [2.45, 2.75) is 19.8 Å². The SMILES string of the molecule is CCCCNCC(=O)c1ccc(O)cc1. The van der Waals surface area contributed by atoms with Gasteiger partial charge >= 0.3 is 0 Å². The molecule has 2 N–H and O–H groups in total. The van der Waals surface area contributed by atoms with Crippen LogP contribution in [0.4, 0.5) is 0 Å². The third kappa shape index (κ3) is 4.13. The van der Waals surface area contributed by atoms with Crippen LogP contribution >= 0.6 is 0 Å². The van der Waals surface area contributed by atoms with Gasteiger partial charge in [-0.25, -0.2) is 0 Å². The zero-order valence-corrected chi connectivity index (χ0v) is 8.99. The molecule has 0 fully saturated rings. The number of rotatable bonds is 6. The average Bonchev–Trinajstić information content (AvgIpc) is 2.25. The van der Waals surface area contributed by atoms with Gasteiger partial charge in [0.25, 0.3) is 0 Å². The van der Waals surface area contributed by atoms with Crippen molar-refractivity contribution in [1.29, 1.82) is 0 Å². The van der Waals surface area contributed by atoms with Crippen LogP contribution in [-0.4, -0.2) is 24.0 Å². The number of nitrogens with one attached hydrogen (secondary N) is 1. The Morgan fingerprint density at radius 2 is 2.00 bits per heavy atom. The van der Waals surface area contributed by atoms with E-state index in [1.807, 2.05) is 0 Å². The summed E-state index contributed by atoms with van der Waals surface area (Å²) in [5.41, 5.74) is 0.636. The van der Waals surface area contributed by atoms with Gasteiger partial charge < -0.3 is 10.4 Å². The average molecular weight is 207 g/mol. The second-order valence-electron chi connectivity index (χ2n) is 3.50. The molecule has 3 heteroatoms. The predicted molar refractivity (Wildman–Crippen MR) is 60.2 cm³/mol. The van der Waals surface area contributed by atoms with Crippen LogP contribution < -0.4 is 5.32 Å². The van der Waals surface area contributed by atoms with Crippen molar-refractivity contribution in [1.82, 2.24) is 5.32 Å². The molecule has 3 nitrogen and oxygen atoms in total. The summed E-state index contributed by atoms with van der Waals surface area (Å²) in [6, 6.07) is 6.33. The van der Waals surface area contributed by atoms with Gasteiger partial charge in [-0.05, 0) is 37.2 Å². The van der Waals surface area contributed by atoms with Crippen LogP contribution in [0.5, 0.6) is 5.75 Å². The number of carbonyl (C=O) groups is 1. The summed E-state index contributed by atoms with van der Waals surface area (Å²) >= 11 is 0. The van der Waals surface area contributed by atoms with E-state index in [-0.39, 0.29) is 11.5 Å². The summed E-state index contributed by atoms with van der Waals surface area (Å²) in [6.45, 7) is 3.36. The fourth-order valence-electron chi connectivity index (χ4n) is 1.25. The molecule has 0 atom stereocenters. The molecule has 0 aliphatic carbocycles. The molecule has 0 aliphatic heterocycles. The summed E-state index contributed by atoms with van der Waals surface area (Å²) in [4.78, 5) is 11.6. The molecule has 0 bridgehead atoms. The van der Waals surface area contributed by atoms with Gasteiger partial charge in [-0.1, -0.05) is 13.3 Å². The van der Waals surface area contributed by atoms with E-state index in [4.69, 9.17) is 5.11 Å². The van der Waals surface area contributed by atoms with Crippen LogP contribution in [0.15, 0.2) is 24.3 Å². The minimum Gasteiger partial charge on any atom is -0.508 e. The zero-order valence-electron chi connectivity index (χ0n) is 8.99. The second-order valence-corrected chi connectivity index (χ2v) is 3.50. The Bertz CT molecular complexity index is 306. The molecular weight excluding hydrogens is 190 g/mol. The molecule has 0 unspecified atom stereocenters. The molecule has 0 aliphatic rings. The number of hydrogen-bond donors (Lipinski definition) is 2. The van der Waals surface area contributed by atoms with Crippen LogP contribution in [0.3, 0.4) is 0 Å². The van der Waals surface area contributed by atoms with Gasteiger partial charge in [-0.15, -0.1) is 0 Å². The maximum atomic E-state index is 11.6. The van der Waals surface area contributed by atoms with Crippen LogP contribution in [0.1, 0.15) is 30.1 Å². The third-order valence-electron chi connectivity index (χ3n) is 2.18. The Kier molecular flexibility index (Phi) is 4.84. The molecule has 1 rings (SSSR count). The quantitative estimate of drug-likeness (QED) is 0.554. The maximum absolute atomic E-state index is 11.6. The number of phenolic OH excluding ortho intramolecular Hbond substituents is 1. The minimum absolute atomic E-state index is 0.0612. The van der Waals surface area contributed by atoms with Gasteiger partial charge in [0.15, 0.2) is 5.78 Å². The molecule has 0 saturated heterocycles. The lowest BCUT2D eigenvalue weighted by atomic mass is 10.1. The Hall–Kier alpha value is -1.35. The summed E-state index contributed by atoms with van der Waals surface area (Å²) in [5, 5.41) is 12.1. The third-order valence-corrected chi connectivity index (χ3v) is 2.18. The highest BCUT2D eigenvalue weighted by Crippen LogP contribution is 2.09. The van der Waals surface area contributed by atoms with Gasteiger partial charge in [0.2, 0.25) is 0 Å². The highest BCUT2D eigenvalue weighted by molar-refractivity contribution is 5.97. The summed E-state index contributed by atoms with van der Waals surface area (Å²) in [5.74, 6) is 0.247. The van der Waals surface area contributed by atoms with Crippen molar-refractivity contribution in [3.05, 3.63) is 29.8 Å². The minimum atomic E-state index is 0.0612. The predicted octanol–water partition coefficient (Wildman–Crippen LogP) is 1.96. The Balaban J connectivity index is 2.37. The van der Waals surface area contributed by atoms with E-state index in [1.165, 1.54) is 12.1 Å². The highest BCUT2D eigenvalue weighted by Gasteiger charge is 2.04. The second kappa shape index (κ2) is 6.19. The summed E-state index contributed by atoms with van der Waals surface area (Å²) in [7, 11) is 0. The molecule has 0 saturated carbocycles. The summed E-state index contributed by atoms with van der Waals surface area (Å²) in [6.07, 6.45) is 2.21. The van der Waals surface area contributed by atoms with Crippen molar-refractivity contribution in [2.75, 3.05) is 13.1 Å². The van der Waals surface area contributed by atoms with Gasteiger partial charge in [-0.2, -0.15) is 0 Å². The molecular formula is C12H17NO2. The number of unbranched alkanes of at least 4 members (excludes halogenated alkanes) is 1. The van der Waals surface area contributed by atoms with Crippen molar-refractivity contribution >= 4 is 5.78 Å². The van der Waals surface area contributed by atoms with Crippen LogP contribution in [0.25, 0.3) is 0 Å². The van der Waals surface area contributed by atoms with Crippen LogP contribution in [-0.2, 0) is 0 Å². The fourth-order valence-corrected chi connectivity index (χ4v) is 1.25. The van der Waals surface area contributed by atoms with E-state index in [1.54, 1.807) is 12.1 Å². The molecule has 15 heavy (non-hydrogen) atoms. The number of hydrogen-bond acceptors (Lipinski definition) is 3. The first-order chi connectivity index (χ1) is 7.24. The number of phenols is 1. The van der Waals surface area contributed by atoms with E-state index < -0.39 is 0 Å². The number of Topliss-reactive ketones (excluding diaryl/α,β-unsaturated/α-hetero) is 1. The van der Waals surface area contributed by atoms with Crippen molar-refractivity contribution in [3.8, 4) is 5.75 Å². The Morgan fingerprint density at radius 3 is 2.60 bits per heavy atom. The topological polar surface area (TPSA) is 49.3 Å². The number of ketones is 1. The molecule has 0 amide bonds. The van der Waals surface area contributed by atoms with Gasteiger partial charge in [0.1, 0.15) is 5.75 Å². The summed E-state index contributed by atoms with van der Waals surface area (Å²) < 4.78 is 0. The monoisotopic (exact) mass is 207 g/mol. The van der Waals surface area contributed by atoms with E-state index >= 15 is 0 Å². The fraction of sp³-hybridized carbons (Fsp3) is 0.417. The van der Waals surface area contributed by atoms with E-state index in [2.05, 4.69) is 12.2 Å². The highest BCUT2D eigenvalue weighted by atomic mass is 16.3. The number of carbonyl (C=O) groups excluding carboxylic acids is 1. The van der Waals surface area contributed by atoms with E-state index in [0.29, 0.717) is 12.1 Å². The Morgan fingerprint density at radius 1 is 1.33 bits per heavy atom. The van der Waals surface area contributed by atoms with Gasteiger partial charge in [-0.3, -0.25) is 4.79 Å². The van der Waals surface area contributed by atoms with Gasteiger partial charge in [0.05, 0.1) is 6.54 Å². The molecule has 1 aromatic carbocycles. The standard InChI is InChI=1S/C12H17NO2/c1-2-3-8-13-9-12(15)10-4-6-11(14)7-5-10/h4-7,13-14H,2-3,8-9H2,1H3. The number of benzene rings is 1. The number of aromatic hydroxyl groups is 1. The molecule has 1 aromatic rings. The van der Waals surface area contributed by atoms with Crippen molar-refractivity contribution < 1.29 is 9.90 Å². The molecule has 0 spiro atoms. The first kappa shape index (κ1) is 11.7. The lowest BCUT2D eigenvalue weighted by Gasteiger charge is -2.03. The first-order valence-corrected chi connectivity index (χ1v) is 5.27. The lowest BCUT2D eigenvalue weighted by Crippen LogP contribution is -2.23. The Labute approximate surface area is 90.1 Å². The van der Waals surface area contributed by atoms with Gasteiger partial charge in [0, 0.05) is 5.56 Å². The first-order valence-electron chi connectivity index (χ1n) is 5.27. The smallest absolute Gasteiger partial charge is 0.176 e. The largest absolute Gasteiger partial charge is 0.508 e. The maximum Gasteiger partial charge on any atom is 0.176 e. The van der Waals surface area contributed by atoms with Crippen LogP contribution in [0.2, 0.25) is 0 Å². The molecule has 82 valence electrons. The normalized spacial score (nSPS) is 10.2. The molecule has 0 aromatic heterocycles. The lowest BCUT2D eigenvalue weighted by molar-refractivity contribution is 0.0991. The van der Waals surface area contributed by atoms with Crippen molar-refractivity contribution in [2.24, 2.45) is 0 Å². The van der Waals surface area contributed by atoms with Crippen LogP contribution in [0, 0.1) is 0 Å².